The van der Waals surface area contributed by atoms with Crippen molar-refractivity contribution in [1.82, 2.24) is 5.43 Å². The number of thioether (sulfide) groups is 1. The summed E-state index contributed by atoms with van der Waals surface area (Å²) in [4.78, 5) is 1.37. The van der Waals surface area contributed by atoms with Crippen molar-refractivity contribution in [2.24, 2.45) is 5.84 Å². The Hall–Kier alpha value is 0.450. The normalized spacial score (nSPS) is 15.0. The summed E-state index contributed by atoms with van der Waals surface area (Å²) < 4.78 is 1.20. The molecule has 2 unspecified atom stereocenters. The molecule has 0 aromatic carbocycles. The van der Waals surface area contributed by atoms with Gasteiger partial charge in [-0.05, 0) is 33.8 Å². The molecule has 1 heterocycles. The lowest BCUT2D eigenvalue weighted by Gasteiger charge is -2.17. The molecular weight excluding hydrogens is 304 g/mol. The molecule has 5 heteroatoms. The van der Waals surface area contributed by atoms with Crippen LogP contribution in [0.3, 0.4) is 0 Å². The third-order valence-electron chi connectivity index (χ3n) is 2.52. The Labute approximate surface area is 114 Å². The van der Waals surface area contributed by atoms with E-state index >= 15 is 0 Å². The number of nitrogens with two attached hydrogens (primary N) is 1. The highest BCUT2D eigenvalue weighted by Gasteiger charge is 2.12. The van der Waals surface area contributed by atoms with Gasteiger partial charge in [-0.2, -0.15) is 11.8 Å². The van der Waals surface area contributed by atoms with Gasteiger partial charge in [0.15, 0.2) is 0 Å². The Bertz CT molecular complexity index is 304. The molecule has 0 aliphatic heterocycles. The molecule has 0 bridgehead atoms. The van der Waals surface area contributed by atoms with Crippen molar-refractivity contribution in [3.63, 3.8) is 0 Å². The molecule has 1 aromatic heterocycles. The lowest BCUT2D eigenvalue weighted by Crippen LogP contribution is -2.38. The number of nitrogens with one attached hydrogen (secondary N) is 1. The SMILES string of the molecule is CCC(C)SCC(Cc1sccc1Br)NN. The Morgan fingerprint density at radius 3 is 2.88 bits per heavy atom. The predicted octanol–water partition coefficient (Wildman–Crippen LogP) is 3.42. The molecule has 0 amide bonds. The summed E-state index contributed by atoms with van der Waals surface area (Å²) >= 11 is 7.32. The quantitative estimate of drug-likeness (QED) is 0.596. The number of hydrogen-bond acceptors (Lipinski definition) is 4. The second-order valence-electron chi connectivity index (χ2n) is 3.81. The van der Waals surface area contributed by atoms with Gasteiger partial charge in [-0.3, -0.25) is 11.3 Å². The topological polar surface area (TPSA) is 38.0 Å². The van der Waals surface area contributed by atoms with Gasteiger partial charge in [-0.15, -0.1) is 11.3 Å². The van der Waals surface area contributed by atoms with Gasteiger partial charge in [0.2, 0.25) is 0 Å². The highest BCUT2D eigenvalue weighted by Crippen LogP contribution is 2.25. The predicted molar refractivity (Wildman–Crippen MR) is 79.0 cm³/mol. The van der Waals surface area contributed by atoms with E-state index in [2.05, 4.69) is 46.6 Å². The molecule has 16 heavy (non-hydrogen) atoms. The van der Waals surface area contributed by atoms with Crippen molar-refractivity contribution in [2.45, 2.75) is 38.0 Å². The molecule has 0 aliphatic carbocycles. The highest BCUT2D eigenvalue weighted by atomic mass is 79.9. The number of hydrazine groups is 1. The second-order valence-corrected chi connectivity index (χ2v) is 7.14. The minimum Gasteiger partial charge on any atom is -0.271 e. The molecule has 3 N–H and O–H groups in total. The van der Waals surface area contributed by atoms with E-state index in [1.165, 1.54) is 15.8 Å². The number of thiophene rings is 1. The van der Waals surface area contributed by atoms with E-state index in [-0.39, 0.29) is 0 Å². The van der Waals surface area contributed by atoms with Crippen LogP contribution in [0.5, 0.6) is 0 Å². The smallest absolute Gasteiger partial charge is 0.0349 e. The van der Waals surface area contributed by atoms with Crippen LogP contribution in [0.15, 0.2) is 15.9 Å². The fourth-order valence-electron chi connectivity index (χ4n) is 1.26. The van der Waals surface area contributed by atoms with E-state index in [9.17, 15) is 0 Å². The largest absolute Gasteiger partial charge is 0.271 e. The molecule has 1 rings (SSSR count). The van der Waals surface area contributed by atoms with Gasteiger partial charge < -0.3 is 0 Å². The van der Waals surface area contributed by atoms with Crippen molar-refractivity contribution in [3.05, 3.63) is 20.8 Å². The van der Waals surface area contributed by atoms with Crippen molar-refractivity contribution in [2.75, 3.05) is 5.75 Å². The van der Waals surface area contributed by atoms with Gasteiger partial charge in [0, 0.05) is 32.8 Å². The number of hydrogen-bond donors (Lipinski definition) is 2. The summed E-state index contributed by atoms with van der Waals surface area (Å²) in [6.07, 6.45) is 2.21. The third-order valence-corrected chi connectivity index (χ3v) is 5.96. The van der Waals surface area contributed by atoms with Crippen molar-refractivity contribution in [1.29, 1.82) is 0 Å². The molecular formula is C11H19BrN2S2. The van der Waals surface area contributed by atoms with E-state index in [1.54, 1.807) is 11.3 Å². The van der Waals surface area contributed by atoms with E-state index in [0.29, 0.717) is 11.3 Å². The number of halogens is 1. The molecule has 2 nitrogen and oxygen atoms in total. The minimum absolute atomic E-state index is 0.356. The first-order valence-electron chi connectivity index (χ1n) is 5.47. The highest BCUT2D eigenvalue weighted by molar-refractivity contribution is 9.10. The second kappa shape index (κ2) is 7.71. The van der Waals surface area contributed by atoms with Crippen molar-refractivity contribution >= 4 is 39.0 Å². The number of rotatable bonds is 7. The Kier molecular flexibility index (Phi) is 7.00. The minimum atomic E-state index is 0.356. The summed E-state index contributed by atoms with van der Waals surface area (Å²) in [5.74, 6) is 6.66. The monoisotopic (exact) mass is 322 g/mol. The van der Waals surface area contributed by atoms with Crippen LogP contribution in [0.1, 0.15) is 25.1 Å². The lowest BCUT2D eigenvalue weighted by atomic mass is 10.2. The van der Waals surface area contributed by atoms with E-state index < -0.39 is 0 Å². The van der Waals surface area contributed by atoms with Crippen LogP contribution in [0, 0.1) is 0 Å². The van der Waals surface area contributed by atoms with Gasteiger partial charge in [-0.1, -0.05) is 13.8 Å². The maximum atomic E-state index is 5.59. The first-order valence-corrected chi connectivity index (χ1v) is 8.19. The summed E-state index contributed by atoms with van der Waals surface area (Å²) in [6.45, 7) is 4.48. The molecule has 0 saturated carbocycles. The zero-order valence-electron chi connectivity index (χ0n) is 9.70. The van der Waals surface area contributed by atoms with Gasteiger partial charge in [0.25, 0.3) is 0 Å². The van der Waals surface area contributed by atoms with E-state index in [1.807, 2.05) is 11.8 Å². The van der Waals surface area contributed by atoms with Gasteiger partial charge in [0.1, 0.15) is 0 Å². The summed E-state index contributed by atoms with van der Waals surface area (Å²) in [5.41, 5.74) is 2.91. The Morgan fingerprint density at radius 1 is 1.62 bits per heavy atom. The van der Waals surface area contributed by atoms with E-state index in [0.717, 1.165) is 12.2 Å². The van der Waals surface area contributed by atoms with Crippen LogP contribution in [-0.4, -0.2) is 17.0 Å². The molecule has 0 radical (unpaired) electrons. The average molecular weight is 323 g/mol. The maximum Gasteiger partial charge on any atom is 0.0349 e. The van der Waals surface area contributed by atoms with Gasteiger partial charge in [-0.25, -0.2) is 0 Å². The van der Waals surface area contributed by atoms with Crippen LogP contribution in [0.25, 0.3) is 0 Å². The fraction of sp³-hybridized carbons (Fsp3) is 0.636. The molecule has 0 saturated heterocycles. The fourth-order valence-corrected chi connectivity index (χ4v) is 3.87. The van der Waals surface area contributed by atoms with Crippen LogP contribution >= 0.6 is 39.0 Å². The third kappa shape index (κ3) is 4.75. The average Bonchev–Trinajstić information content (AvgIpc) is 2.69. The molecule has 0 fully saturated rings. The van der Waals surface area contributed by atoms with Crippen LogP contribution in [0.2, 0.25) is 0 Å². The molecule has 1 aromatic rings. The van der Waals surface area contributed by atoms with E-state index in [4.69, 9.17) is 5.84 Å². The molecule has 0 spiro atoms. The zero-order valence-corrected chi connectivity index (χ0v) is 12.9. The summed E-state index contributed by atoms with van der Waals surface area (Å²) in [7, 11) is 0. The lowest BCUT2D eigenvalue weighted by molar-refractivity contribution is 0.577. The first-order chi connectivity index (χ1) is 7.67. The molecule has 92 valence electrons. The Balaban J connectivity index is 2.40. The van der Waals surface area contributed by atoms with Crippen LogP contribution < -0.4 is 11.3 Å². The van der Waals surface area contributed by atoms with Gasteiger partial charge in [0.05, 0.1) is 0 Å². The standard InChI is InChI=1S/C11H19BrN2S2/c1-3-8(2)16-7-9(14-13)6-11-10(12)4-5-15-11/h4-5,8-9,14H,3,6-7,13H2,1-2H3. The van der Waals surface area contributed by atoms with Crippen LogP contribution in [0.4, 0.5) is 0 Å². The zero-order chi connectivity index (χ0) is 12.0. The molecule has 0 aliphatic rings. The summed E-state index contributed by atoms with van der Waals surface area (Å²) in [5, 5.41) is 2.82. The van der Waals surface area contributed by atoms with Gasteiger partial charge >= 0.3 is 0 Å². The summed E-state index contributed by atoms with van der Waals surface area (Å²) in [6, 6.07) is 2.45. The van der Waals surface area contributed by atoms with Crippen molar-refractivity contribution < 1.29 is 0 Å². The first kappa shape index (κ1) is 14.5. The molecule has 2 atom stereocenters. The van der Waals surface area contributed by atoms with Crippen molar-refractivity contribution in [3.8, 4) is 0 Å². The Morgan fingerprint density at radius 2 is 2.38 bits per heavy atom. The maximum absolute atomic E-state index is 5.59. The van der Waals surface area contributed by atoms with Crippen LogP contribution in [-0.2, 0) is 6.42 Å².